The SMILES string of the molecule is COc1cc(C)c2c(c1)C(C)(C)C(/C=C/C1=C(Cl)C(=C/C=C3\N(CCCS(=O)(=O)O)c4c(C)cc(OC)cc4C3(C)C)/CCC1)=[N+]2CCCS(=O)(=O)[O-].[Na+]. The smallest absolute Gasteiger partial charge is 0.748 e. The fraction of sp³-hybridized carbons (Fsp3) is 0.475. The zero-order chi connectivity index (χ0) is 39.1. The molecule has 2 aromatic rings. The molecule has 10 nitrogen and oxygen atoms in total. The molecule has 2 heterocycles. The molecule has 0 unspecified atom stereocenters. The molecule has 1 N–H and O–H groups in total. The molecule has 5 rings (SSSR count). The number of methoxy groups -OCH3 is 2. The zero-order valence-corrected chi connectivity index (χ0v) is 37.3. The zero-order valence-electron chi connectivity index (χ0n) is 32.9. The number of anilines is 1. The number of rotatable bonds is 13. The van der Waals surface area contributed by atoms with Crippen LogP contribution in [0.2, 0.25) is 0 Å². The van der Waals surface area contributed by atoms with Gasteiger partial charge in [-0.15, -0.1) is 0 Å². The van der Waals surface area contributed by atoms with Crippen LogP contribution in [0.25, 0.3) is 0 Å². The van der Waals surface area contributed by atoms with Gasteiger partial charge >= 0.3 is 29.6 Å². The summed E-state index contributed by atoms with van der Waals surface area (Å²) in [5.74, 6) is 0.703. The van der Waals surface area contributed by atoms with Crippen molar-refractivity contribution in [3.63, 3.8) is 0 Å². The molecule has 2 aliphatic heterocycles. The van der Waals surface area contributed by atoms with Crippen molar-refractivity contribution in [3.8, 4) is 11.5 Å². The molecule has 0 fully saturated rings. The van der Waals surface area contributed by atoms with Crippen LogP contribution in [-0.4, -0.2) is 75.0 Å². The second-order valence-electron chi connectivity index (χ2n) is 15.1. The van der Waals surface area contributed by atoms with Crippen molar-refractivity contribution in [2.24, 2.45) is 0 Å². The Morgan fingerprint density at radius 3 is 2.13 bits per heavy atom. The molecule has 0 saturated heterocycles. The van der Waals surface area contributed by atoms with E-state index in [2.05, 4.69) is 61.5 Å². The molecule has 0 spiro atoms. The molecule has 0 bridgehead atoms. The van der Waals surface area contributed by atoms with E-state index in [1.165, 1.54) is 0 Å². The average molecular weight is 810 g/mol. The topological polar surface area (TPSA) is 136 Å². The number of nitrogens with zero attached hydrogens (tertiary/aromatic N) is 2. The van der Waals surface area contributed by atoms with Gasteiger partial charge in [-0.2, -0.15) is 13.0 Å². The Balaban J connectivity index is 0.00000650. The van der Waals surface area contributed by atoms with E-state index in [9.17, 15) is 25.9 Å². The van der Waals surface area contributed by atoms with Crippen LogP contribution < -0.4 is 43.9 Å². The number of allylic oxidation sites excluding steroid dienone is 8. The first-order chi connectivity index (χ1) is 24.7. The minimum absolute atomic E-state index is 0. The Kier molecular flexibility index (Phi) is 13.9. The number of hydrogen-bond acceptors (Lipinski definition) is 8. The van der Waals surface area contributed by atoms with E-state index in [0.29, 0.717) is 18.1 Å². The predicted molar refractivity (Wildman–Crippen MR) is 211 cm³/mol. The molecule has 0 radical (unpaired) electrons. The summed E-state index contributed by atoms with van der Waals surface area (Å²) in [4.78, 5) is 2.15. The fourth-order valence-corrected chi connectivity index (χ4v) is 9.31. The van der Waals surface area contributed by atoms with Gasteiger partial charge < -0.3 is 18.9 Å². The Hall–Kier alpha value is -2.42. The van der Waals surface area contributed by atoms with Gasteiger partial charge in [-0.05, 0) is 106 Å². The first-order valence-electron chi connectivity index (χ1n) is 17.9. The first kappa shape index (κ1) is 44.3. The summed E-state index contributed by atoms with van der Waals surface area (Å²) in [5, 5.41) is 0.671. The van der Waals surface area contributed by atoms with Crippen LogP contribution in [0.15, 0.2) is 70.4 Å². The number of halogens is 1. The van der Waals surface area contributed by atoms with Crippen LogP contribution in [0.1, 0.15) is 82.1 Å². The van der Waals surface area contributed by atoms with Crippen LogP contribution in [-0.2, 0) is 31.1 Å². The third-order valence-electron chi connectivity index (χ3n) is 10.7. The second kappa shape index (κ2) is 17.0. The number of hydrogen-bond donors (Lipinski definition) is 1. The number of benzene rings is 2. The maximum absolute atomic E-state index is 11.6. The fourth-order valence-electron chi connectivity index (χ4n) is 8.02. The van der Waals surface area contributed by atoms with Gasteiger partial charge in [0.2, 0.25) is 5.69 Å². The Bertz CT molecular complexity index is 2190. The van der Waals surface area contributed by atoms with Gasteiger partial charge in [0, 0.05) is 57.8 Å². The molecule has 2 aromatic carbocycles. The largest absolute Gasteiger partial charge is 1.00 e. The Labute approximate surface area is 348 Å². The molecule has 1 aliphatic carbocycles. The van der Waals surface area contributed by atoms with Crippen molar-refractivity contribution >= 4 is 48.9 Å². The van der Waals surface area contributed by atoms with Crippen molar-refractivity contribution < 1.29 is 69.5 Å². The molecular formula is C40H51ClN2NaO8S2+. The Morgan fingerprint density at radius 1 is 0.889 bits per heavy atom. The van der Waals surface area contributed by atoms with E-state index in [0.717, 1.165) is 86.9 Å². The molecule has 0 saturated carbocycles. The third-order valence-corrected chi connectivity index (χ3v) is 12.7. The minimum Gasteiger partial charge on any atom is -0.748 e. The van der Waals surface area contributed by atoms with Gasteiger partial charge in [0.15, 0.2) is 5.71 Å². The van der Waals surface area contributed by atoms with Crippen LogP contribution in [0.4, 0.5) is 11.4 Å². The van der Waals surface area contributed by atoms with E-state index < -0.39 is 36.8 Å². The van der Waals surface area contributed by atoms with Gasteiger partial charge in [0.1, 0.15) is 18.0 Å². The summed E-state index contributed by atoms with van der Waals surface area (Å²) in [6, 6.07) is 7.98. The maximum atomic E-state index is 11.6. The normalized spacial score (nSPS) is 19.5. The van der Waals surface area contributed by atoms with Crippen molar-refractivity contribution in [3.05, 3.63) is 92.7 Å². The number of ether oxygens (including phenoxy) is 2. The molecule has 0 aromatic heterocycles. The van der Waals surface area contributed by atoms with Gasteiger partial charge in [-0.25, -0.2) is 8.42 Å². The summed E-state index contributed by atoms with van der Waals surface area (Å²) in [7, 11) is -5.20. The van der Waals surface area contributed by atoms with E-state index in [-0.39, 0.29) is 48.2 Å². The summed E-state index contributed by atoms with van der Waals surface area (Å²) in [5.41, 5.74) is 9.17. The molecule has 0 atom stereocenters. The van der Waals surface area contributed by atoms with Crippen molar-refractivity contribution in [1.82, 2.24) is 0 Å². The summed E-state index contributed by atoms with van der Waals surface area (Å²) in [6.07, 6.45) is 11.2. The summed E-state index contributed by atoms with van der Waals surface area (Å²) >= 11 is 7.18. The molecule has 54 heavy (non-hydrogen) atoms. The molecule has 0 amide bonds. The number of fused-ring (bicyclic) bond motifs is 2. The van der Waals surface area contributed by atoms with E-state index >= 15 is 0 Å². The molecular weight excluding hydrogens is 759 g/mol. The first-order valence-corrected chi connectivity index (χ1v) is 21.4. The van der Waals surface area contributed by atoms with Gasteiger partial charge in [-0.3, -0.25) is 4.55 Å². The average Bonchev–Trinajstić information content (AvgIpc) is 3.41. The van der Waals surface area contributed by atoms with Gasteiger partial charge in [-0.1, -0.05) is 37.6 Å². The standard InChI is InChI=1S/C40H51ClN2O8S2.Na/c1-26-22-30(50-7)24-32-37(26)42(18-10-20-52(44,45)46)34(39(32,3)4)16-14-28-12-9-13-29(36(28)41)15-17-35-40(5,6)33-25-31(51-8)23-27(2)38(33)43(35)19-11-21-53(47,48)49;/h14-17,22-25H,9-13,18-21H2,1-8H3,(H-,44,45,46,47,48,49);/q;+1. The van der Waals surface area contributed by atoms with Gasteiger partial charge in [0.05, 0.1) is 35.5 Å². The molecule has 14 heteroatoms. The van der Waals surface area contributed by atoms with E-state index in [1.807, 2.05) is 38.1 Å². The number of aryl methyl sites for hydroxylation is 2. The van der Waals surface area contributed by atoms with Gasteiger partial charge in [0.25, 0.3) is 10.1 Å². The minimum atomic E-state index is -4.36. The van der Waals surface area contributed by atoms with E-state index in [4.69, 9.17) is 21.1 Å². The van der Waals surface area contributed by atoms with Crippen molar-refractivity contribution in [1.29, 1.82) is 0 Å². The van der Waals surface area contributed by atoms with Crippen LogP contribution in [0, 0.1) is 13.8 Å². The quantitative estimate of drug-likeness (QED) is 0.173. The van der Waals surface area contributed by atoms with E-state index in [1.54, 1.807) is 14.2 Å². The second-order valence-corrected chi connectivity index (χ2v) is 18.6. The predicted octanol–water partition coefficient (Wildman–Crippen LogP) is 4.76. The Morgan fingerprint density at radius 2 is 1.52 bits per heavy atom. The van der Waals surface area contributed by atoms with Crippen LogP contribution in [0.3, 0.4) is 0 Å². The van der Waals surface area contributed by atoms with Crippen LogP contribution in [0.5, 0.6) is 11.5 Å². The molecule has 288 valence electrons. The third kappa shape index (κ3) is 9.40. The summed E-state index contributed by atoms with van der Waals surface area (Å²) < 4.78 is 80.5. The maximum Gasteiger partial charge on any atom is 1.00 e. The van der Waals surface area contributed by atoms with Crippen molar-refractivity contribution in [2.75, 3.05) is 43.7 Å². The summed E-state index contributed by atoms with van der Waals surface area (Å²) in [6.45, 7) is 13.3. The monoisotopic (exact) mass is 809 g/mol. The van der Waals surface area contributed by atoms with Crippen molar-refractivity contribution in [2.45, 2.75) is 84.5 Å². The molecule has 3 aliphatic rings. The van der Waals surface area contributed by atoms with Crippen LogP contribution >= 0.6 is 11.6 Å².